The maximum atomic E-state index is 13.4. The molecular formula is C30H40O12. The monoisotopic (exact) mass is 592 g/mol. The van der Waals surface area contributed by atoms with Crippen LogP contribution in [0.3, 0.4) is 0 Å². The van der Waals surface area contributed by atoms with Crippen molar-refractivity contribution < 1.29 is 57.5 Å². The van der Waals surface area contributed by atoms with Gasteiger partial charge in [0.2, 0.25) is 11.2 Å². The third-order valence-electron chi connectivity index (χ3n) is 10.3. The van der Waals surface area contributed by atoms with Crippen LogP contribution in [-0.4, -0.2) is 81.8 Å². The van der Waals surface area contributed by atoms with Crippen molar-refractivity contribution in [2.45, 2.75) is 128 Å². The molecule has 2 aliphatic heterocycles. The Balaban J connectivity index is 1.92. The first kappa shape index (κ1) is 30.5. The van der Waals surface area contributed by atoms with Crippen LogP contribution in [0.1, 0.15) is 81.1 Å². The fourth-order valence-electron chi connectivity index (χ4n) is 9.08. The van der Waals surface area contributed by atoms with Crippen LogP contribution in [0, 0.1) is 17.3 Å². The molecule has 42 heavy (non-hydrogen) atoms. The molecule has 0 amide bonds. The van der Waals surface area contributed by atoms with Crippen LogP contribution in [0.25, 0.3) is 0 Å². The average Bonchev–Trinajstić information content (AvgIpc) is 3.45. The van der Waals surface area contributed by atoms with Crippen LogP contribution in [-0.2, 0) is 52.4 Å². The summed E-state index contributed by atoms with van der Waals surface area (Å²) in [6, 6.07) is 0. The largest absolute Gasteiger partial charge is 0.462 e. The highest BCUT2D eigenvalue weighted by atomic mass is 16.7. The van der Waals surface area contributed by atoms with E-state index in [0.29, 0.717) is 12.0 Å². The van der Waals surface area contributed by atoms with Gasteiger partial charge in [-0.3, -0.25) is 19.2 Å². The molecule has 0 aromatic heterocycles. The van der Waals surface area contributed by atoms with Gasteiger partial charge in [-0.15, -0.1) is 0 Å². The number of aliphatic hydroxyl groups excluding tert-OH is 1. The van der Waals surface area contributed by atoms with Gasteiger partial charge in [0.1, 0.15) is 12.2 Å². The zero-order valence-electron chi connectivity index (χ0n) is 25.3. The Hall–Kier alpha value is -2.99. The van der Waals surface area contributed by atoms with E-state index in [9.17, 15) is 29.1 Å². The Morgan fingerprint density at radius 3 is 2.17 bits per heavy atom. The molecule has 0 aromatic rings. The number of aliphatic hydroxyl groups is 1. The van der Waals surface area contributed by atoms with Gasteiger partial charge >= 0.3 is 29.8 Å². The second-order valence-corrected chi connectivity index (χ2v) is 12.8. The molecule has 2 saturated carbocycles. The Morgan fingerprint density at radius 2 is 1.62 bits per heavy atom. The third kappa shape index (κ3) is 3.45. The quantitative estimate of drug-likeness (QED) is 0.207. The molecule has 232 valence electrons. The smallest absolute Gasteiger partial charge is 0.342 e. The van der Waals surface area contributed by atoms with Gasteiger partial charge in [-0.05, 0) is 32.3 Å². The zero-order chi connectivity index (χ0) is 31.2. The second kappa shape index (κ2) is 9.51. The number of carbonyl (C=O) groups is 5. The van der Waals surface area contributed by atoms with Crippen molar-refractivity contribution in [3.05, 3.63) is 11.6 Å². The summed E-state index contributed by atoms with van der Waals surface area (Å²) >= 11 is 0. The second-order valence-electron chi connectivity index (χ2n) is 12.8. The lowest BCUT2D eigenvalue weighted by molar-refractivity contribution is -0.433. The molecule has 5 aliphatic rings. The van der Waals surface area contributed by atoms with Gasteiger partial charge in [0, 0.05) is 46.0 Å². The SMILES string of the molecule is CCCC(=O)O[C@H]1C/C(C)=C\[C@@H]2OC(=O)[C@@]3(C)O[C@]23[C@]2(OC(C)=O)[C@H]3[C@@H](C)[C@@H](O)C[C@H](OC(C)=O)[C@]3(C)C12OC(C)=O. The molecule has 5 rings (SSSR count). The molecule has 2 saturated heterocycles. The van der Waals surface area contributed by atoms with Crippen molar-refractivity contribution in [1.82, 2.24) is 0 Å². The number of fused-ring (bicyclic) bond motifs is 4. The third-order valence-corrected chi connectivity index (χ3v) is 10.3. The van der Waals surface area contributed by atoms with Crippen LogP contribution in [0.5, 0.6) is 0 Å². The summed E-state index contributed by atoms with van der Waals surface area (Å²) in [6.45, 7) is 12.1. The molecule has 2 heterocycles. The maximum absolute atomic E-state index is 13.4. The number of ether oxygens (including phenoxy) is 6. The molecular weight excluding hydrogens is 552 g/mol. The highest BCUT2D eigenvalue weighted by molar-refractivity contribution is 5.90. The topological polar surface area (TPSA) is 164 Å². The summed E-state index contributed by atoms with van der Waals surface area (Å²) < 4.78 is 36.9. The average molecular weight is 593 g/mol. The minimum atomic E-state index is -2.04. The van der Waals surface area contributed by atoms with Gasteiger partial charge in [-0.1, -0.05) is 26.3 Å². The molecule has 12 nitrogen and oxygen atoms in total. The highest BCUT2D eigenvalue weighted by Crippen LogP contribution is 2.82. The van der Waals surface area contributed by atoms with Gasteiger partial charge in [0.05, 0.1) is 11.5 Å². The Kier molecular flexibility index (Phi) is 6.90. The Morgan fingerprint density at radius 1 is 1.00 bits per heavy atom. The fraction of sp³-hybridized carbons (Fsp3) is 0.767. The van der Waals surface area contributed by atoms with E-state index >= 15 is 0 Å². The summed E-state index contributed by atoms with van der Waals surface area (Å²) in [5, 5.41) is 11.3. The van der Waals surface area contributed by atoms with Crippen molar-refractivity contribution in [3.8, 4) is 0 Å². The van der Waals surface area contributed by atoms with Crippen LogP contribution in [0.15, 0.2) is 11.6 Å². The summed E-state index contributed by atoms with van der Waals surface area (Å²) in [7, 11) is 0. The summed E-state index contributed by atoms with van der Waals surface area (Å²) in [4.78, 5) is 65.4. The van der Waals surface area contributed by atoms with Crippen molar-refractivity contribution in [1.29, 1.82) is 0 Å². The van der Waals surface area contributed by atoms with Gasteiger partial charge in [0.25, 0.3) is 0 Å². The molecule has 0 bridgehead atoms. The molecule has 11 atom stereocenters. The maximum Gasteiger partial charge on any atom is 0.342 e. The highest BCUT2D eigenvalue weighted by Gasteiger charge is 3.04. The predicted octanol–water partition coefficient (Wildman–Crippen LogP) is 2.07. The Bertz CT molecular complexity index is 1270. The molecule has 12 heteroatoms. The summed E-state index contributed by atoms with van der Waals surface area (Å²) in [5.74, 6) is -5.06. The van der Waals surface area contributed by atoms with Crippen LogP contribution < -0.4 is 0 Å². The number of carbonyl (C=O) groups excluding carboxylic acids is 5. The van der Waals surface area contributed by atoms with Crippen molar-refractivity contribution >= 4 is 29.8 Å². The van der Waals surface area contributed by atoms with Gasteiger partial charge in [0.15, 0.2) is 17.3 Å². The van der Waals surface area contributed by atoms with Gasteiger partial charge < -0.3 is 33.5 Å². The van der Waals surface area contributed by atoms with Crippen molar-refractivity contribution in [3.63, 3.8) is 0 Å². The lowest BCUT2D eigenvalue weighted by atomic mass is 9.30. The molecule has 0 radical (unpaired) electrons. The summed E-state index contributed by atoms with van der Waals surface area (Å²) in [6.07, 6.45) is -2.24. The molecule has 3 aliphatic carbocycles. The number of esters is 5. The van der Waals surface area contributed by atoms with E-state index < -0.39 is 93.9 Å². The number of rotatable bonds is 6. The van der Waals surface area contributed by atoms with Crippen LogP contribution in [0.2, 0.25) is 0 Å². The fourth-order valence-corrected chi connectivity index (χ4v) is 9.08. The lowest BCUT2D eigenvalue weighted by Crippen LogP contribution is -2.96. The first-order valence-electron chi connectivity index (χ1n) is 14.5. The molecule has 1 unspecified atom stereocenters. The van der Waals surface area contributed by atoms with E-state index in [-0.39, 0.29) is 19.3 Å². The van der Waals surface area contributed by atoms with E-state index in [1.54, 1.807) is 26.8 Å². The summed E-state index contributed by atoms with van der Waals surface area (Å²) in [5.41, 5.74) is -8.18. The van der Waals surface area contributed by atoms with Crippen LogP contribution >= 0.6 is 0 Å². The van der Waals surface area contributed by atoms with Crippen LogP contribution in [0.4, 0.5) is 0 Å². The van der Waals surface area contributed by atoms with Gasteiger partial charge in [-0.25, -0.2) is 4.79 Å². The predicted molar refractivity (Wildman–Crippen MR) is 141 cm³/mol. The van der Waals surface area contributed by atoms with E-state index in [0.717, 1.165) is 0 Å². The van der Waals surface area contributed by atoms with E-state index in [1.165, 1.54) is 27.7 Å². The van der Waals surface area contributed by atoms with E-state index in [4.69, 9.17) is 28.4 Å². The first-order valence-corrected chi connectivity index (χ1v) is 14.5. The minimum absolute atomic E-state index is 0.0125. The molecule has 4 fully saturated rings. The molecule has 1 N–H and O–H groups in total. The lowest BCUT2D eigenvalue weighted by Gasteiger charge is -2.78. The first-order chi connectivity index (χ1) is 19.5. The number of hydrogen-bond acceptors (Lipinski definition) is 12. The van der Waals surface area contributed by atoms with Gasteiger partial charge in [-0.2, -0.15) is 0 Å². The Labute approximate surface area is 244 Å². The standard InChI is InChI=1S/C30H40O12/c1-9-10-23(35)38-21-11-14(2)12-22-29(27(8,42-29)25(36)39-22)30(41-18(6)33)24-15(3)19(34)13-20(37-16(4)31)26(24,7)28(21,30)40-17(5)32/h12,15,19-22,24,34H,9-11,13H2,1-8H3/b14-12-/t15-,19-,20-,21-,22-,24-,26-,27+,28?,29+,30-/m0/s1. The zero-order valence-corrected chi connectivity index (χ0v) is 25.3. The number of hydrogen-bond donors (Lipinski definition) is 1. The van der Waals surface area contributed by atoms with E-state index in [2.05, 4.69) is 0 Å². The van der Waals surface area contributed by atoms with Crippen molar-refractivity contribution in [2.24, 2.45) is 17.3 Å². The normalized spacial score (nSPS) is 47.6. The van der Waals surface area contributed by atoms with Crippen molar-refractivity contribution in [2.75, 3.05) is 0 Å². The molecule has 1 spiro atoms. The minimum Gasteiger partial charge on any atom is -0.462 e. The number of epoxide rings is 1. The molecule has 0 aromatic carbocycles. The van der Waals surface area contributed by atoms with E-state index in [1.807, 2.05) is 6.92 Å².